The molecule has 0 saturated heterocycles. The van der Waals surface area contributed by atoms with Crippen LogP contribution in [0.3, 0.4) is 0 Å². The van der Waals surface area contributed by atoms with Crippen LogP contribution in [-0.2, 0) is 0 Å². The summed E-state index contributed by atoms with van der Waals surface area (Å²) < 4.78 is 1.08. The summed E-state index contributed by atoms with van der Waals surface area (Å²) in [6.45, 7) is 2.40. The zero-order valence-electron chi connectivity index (χ0n) is 9.63. The van der Waals surface area contributed by atoms with Crippen LogP contribution in [0.4, 0.5) is 0 Å². The summed E-state index contributed by atoms with van der Waals surface area (Å²) in [5, 5.41) is 0. The van der Waals surface area contributed by atoms with Gasteiger partial charge < -0.3 is 4.48 Å². The maximum absolute atomic E-state index is 2.32. The Morgan fingerprint density at radius 2 is 1.07 bits per heavy atom. The average Bonchev–Trinajstić information content (AvgIpc) is 2.75. The van der Waals surface area contributed by atoms with Crippen molar-refractivity contribution in [2.75, 3.05) is 27.2 Å². The summed E-state index contributed by atoms with van der Waals surface area (Å²) in [6.07, 6.45) is 17.8. The molecule has 0 unspecified atom stereocenters. The predicted octanol–water partition coefficient (Wildman–Crippen LogP) is 2.55. The van der Waals surface area contributed by atoms with E-state index in [1.165, 1.54) is 13.1 Å². The third-order valence-corrected chi connectivity index (χ3v) is 3.07. The Morgan fingerprint density at radius 3 is 1.40 bits per heavy atom. The zero-order valence-corrected chi connectivity index (χ0v) is 9.63. The molecule has 2 rings (SSSR count). The lowest BCUT2D eigenvalue weighted by atomic mass is 10.1. The molecule has 0 N–H and O–H groups in total. The molecule has 80 valence electrons. The summed E-state index contributed by atoms with van der Waals surface area (Å²) in [7, 11) is 4.64. The summed E-state index contributed by atoms with van der Waals surface area (Å²) in [5.41, 5.74) is 0. The number of allylic oxidation sites excluding steroid dienone is 4. The molecule has 0 atom stereocenters. The third kappa shape index (κ3) is 2.93. The fourth-order valence-electron chi connectivity index (χ4n) is 2.42. The van der Waals surface area contributed by atoms with Crippen molar-refractivity contribution < 1.29 is 4.48 Å². The van der Waals surface area contributed by atoms with E-state index in [0.717, 1.165) is 4.48 Å². The molecule has 15 heavy (non-hydrogen) atoms. The van der Waals surface area contributed by atoms with E-state index in [1.807, 2.05) is 0 Å². The van der Waals surface area contributed by atoms with Gasteiger partial charge in [0.15, 0.2) is 0 Å². The maximum Gasteiger partial charge on any atom is 0.0881 e. The van der Waals surface area contributed by atoms with Crippen molar-refractivity contribution in [2.24, 2.45) is 11.8 Å². The second-order valence-corrected chi connectivity index (χ2v) is 5.17. The van der Waals surface area contributed by atoms with Crippen molar-refractivity contribution in [2.45, 2.75) is 0 Å². The highest BCUT2D eigenvalue weighted by Gasteiger charge is 2.23. The molecule has 0 aliphatic heterocycles. The molecule has 0 radical (unpaired) electrons. The van der Waals surface area contributed by atoms with Gasteiger partial charge in [0, 0.05) is 11.8 Å². The summed E-state index contributed by atoms with van der Waals surface area (Å²) >= 11 is 0. The summed E-state index contributed by atoms with van der Waals surface area (Å²) in [5.74, 6) is 1.27. The number of hydrogen-bond donors (Lipinski definition) is 0. The summed E-state index contributed by atoms with van der Waals surface area (Å²) in [4.78, 5) is 0. The Bertz CT molecular complexity index is 275. The molecular weight excluding hydrogens is 182 g/mol. The monoisotopic (exact) mass is 202 g/mol. The van der Waals surface area contributed by atoms with Crippen molar-refractivity contribution >= 4 is 0 Å². The average molecular weight is 202 g/mol. The Balaban J connectivity index is 1.88. The Kier molecular flexibility index (Phi) is 2.92. The van der Waals surface area contributed by atoms with Crippen LogP contribution in [-0.4, -0.2) is 31.7 Å². The maximum atomic E-state index is 2.32. The summed E-state index contributed by atoms with van der Waals surface area (Å²) in [6, 6.07) is 0. The number of nitrogens with zero attached hydrogens (tertiary/aromatic N) is 1. The van der Waals surface area contributed by atoms with Gasteiger partial charge in [-0.1, -0.05) is 48.6 Å². The first-order valence-electron chi connectivity index (χ1n) is 5.68. The molecule has 0 aromatic carbocycles. The van der Waals surface area contributed by atoms with Gasteiger partial charge in [0.2, 0.25) is 0 Å². The van der Waals surface area contributed by atoms with Gasteiger partial charge in [0.05, 0.1) is 27.2 Å². The minimum Gasteiger partial charge on any atom is -0.327 e. The Labute approximate surface area is 92.7 Å². The molecule has 2 aliphatic carbocycles. The molecule has 2 aliphatic rings. The molecule has 0 heterocycles. The van der Waals surface area contributed by atoms with Crippen LogP contribution in [0.15, 0.2) is 48.6 Å². The molecular formula is C14H20N+. The van der Waals surface area contributed by atoms with Crippen molar-refractivity contribution in [3.63, 3.8) is 0 Å². The van der Waals surface area contributed by atoms with Gasteiger partial charge in [-0.2, -0.15) is 0 Å². The number of quaternary nitrogens is 1. The van der Waals surface area contributed by atoms with Crippen molar-refractivity contribution in [3.8, 4) is 0 Å². The standard InChI is InChI=1S/C14H20N/c1-15(2,11-13-7-3-4-8-13)12-14-9-5-6-10-14/h3-10,13-14H,11-12H2,1-2H3/q+1. The van der Waals surface area contributed by atoms with E-state index in [9.17, 15) is 0 Å². The molecule has 0 amide bonds. The van der Waals surface area contributed by atoms with E-state index in [2.05, 4.69) is 62.7 Å². The smallest absolute Gasteiger partial charge is 0.0881 e. The van der Waals surface area contributed by atoms with Crippen LogP contribution in [0.5, 0.6) is 0 Å². The van der Waals surface area contributed by atoms with E-state index >= 15 is 0 Å². The van der Waals surface area contributed by atoms with Gasteiger partial charge >= 0.3 is 0 Å². The normalized spacial score (nSPS) is 20.9. The second kappa shape index (κ2) is 4.19. The van der Waals surface area contributed by atoms with Crippen LogP contribution >= 0.6 is 0 Å². The minimum atomic E-state index is 0.634. The SMILES string of the molecule is C[N+](C)(CC1C=CC=C1)CC1C=CC=C1. The molecule has 0 fully saturated rings. The van der Waals surface area contributed by atoms with Crippen LogP contribution in [0.2, 0.25) is 0 Å². The van der Waals surface area contributed by atoms with E-state index < -0.39 is 0 Å². The first-order chi connectivity index (χ1) is 7.16. The van der Waals surface area contributed by atoms with Crippen molar-refractivity contribution in [1.29, 1.82) is 0 Å². The van der Waals surface area contributed by atoms with Gasteiger partial charge in [-0.15, -0.1) is 0 Å². The van der Waals surface area contributed by atoms with Gasteiger partial charge in [-0.25, -0.2) is 0 Å². The quantitative estimate of drug-likeness (QED) is 0.615. The van der Waals surface area contributed by atoms with Crippen LogP contribution in [0.1, 0.15) is 0 Å². The zero-order chi connectivity index (χ0) is 10.7. The lowest BCUT2D eigenvalue weighted by Crippen LogP contribution is -2.45. The Hall–Kier alpha value is -1.08. The van der Waals surface area contributed by atoms with Crippen molar-refractivity contribution in [3.05, 3.63) is 48.6 Å². The highest BCUT2D eigenvalue weighted by molar-refractivity contribution is 5.18. The van der Waals surface area contributed by atoms with Crippen LogP contribution < -0.4 is 0 Å². The molecule has 0 aromatic rings. The lowest BCUT2D eigenvalue weighted by Gasteiger charge is -2.33. The third-order valence-electron chi connectivity index (χ3n) is 3.07. The fraction of sp³-hybridized carbons (Fsp3) is 0.429. The fourth-order valence-corrected chi connectivity index (χ4v) is 2.42. The second-order valence-electron chi connectivity index (χ2n) is 5.17. The largest absolute Gasteiger partial charge is 0.327 e. The molecule has 0 saturated carbocycles. The number of rotatable bonds is 4. The van der Waals surface area contributed by atoms with Crippen LogP contribution in [0.25, 0.3) is 0 Å². The number of hydrogen-bond acceptors (Lipinski definition) is 0. The van der Waals surface area contributed by atoms with Crippen molar-refractivity contribution in [1.82, 2.24) is 0 Å². The van der Waals surface area contributed by atoms with Gasteiger partial charge in [0.25, 0.3) is 0 Å². The first kappa shape index (κ1) is 10.4. The highest BCUT2D eigenvalue weighted by atomic mass is 15.3. The minimum absolute atomic E-state index is 0.634. The Morgan fingerprint density at radius 1 is 0.733 bits per heavy atom. The van der Waals surface area contributed by atoms with Gasteiger partial charge in [-0.3, -0.25) is 0 Å². The van der Waals surface area contributed by atoms with Gasteiger partial charge in [-0.05, 0) is 0 Å². The first-order valence-corrected chi connectivity index (χ1v) is 5.68. The van der Waals surface area contributed by atoms with Gasteiger partial charge in [0.1, 0.15) is 0 Å². The molecule has 0 spiro atoms. The van der Waals surface area contributed by atoms with E-state index in [-0.39, 0.29) is 0 Å². The van der Waals surface area contributed by atoms with Crippen LogP contribution in [0, 0.1) is 11.8 Å². The highest BCUT2D eigenvalue weighted by Crippen LogP contribution is 2.18. The topological polar surface area (TPSA) is 0 Å². The van der Waals surface area contributed by atoms with E-state index in [0.29, 0.717) is 11.8 Å². The lowest BCUT2D eigenvalue weighted by molar-refractivity contribution is -0.894. The molecule has 0 bridgehead atoms. The van der Waals surface area contributed by atoms with E-state index in [4.69, 9.17) is 0 Å². The molecule has 1 heteroatoms. The van der Waals surface area contributed by atoms with E-state index in [1.54, 1.807) is 0 Å². The molecule has 0 aromatic heterocycles. The predicted molar refractivity (Wildman–Crippen MR) is 65.4 cm³/mol. The molecule has 1 nitrogen and oxygen atoms in total.